The number of aryl methyl sites for hydroxylation is 2. The van der Waals surface area contributed by atoms with E-state index in [9.17, 15) is 0 Å². The summed E-state index contributed by atoms with van der Waals surface area (Å²) in [7, 11) is 5.70. The number of benzene rings is 2. The number of hydrogen-bond donors (Lipinski definition) is 0. The predicted molar refractivity (Wildman–Crippen MR) is 111 cm³/mol. The van der Waals surface area contributed by atoms with Crippen LogP contribution in [-0.2, 0) is 20.3 Å². The Hall–Kier alpha value is -2.44. The summed E-state index contributed by atoms with van der Waals surface area (Å²) in [5.41, 5.74) is 4.93. The van der Waals surface area contributed by atoms with Gasteiger partial charge in [-0.3, -0.25) is 4.90 Å². The Morgan fingerprint density at radius 3 is 2.44 bits per heavy atom. The van der Waals surface area contributed by atoms with Crippen molar-refractivity contribution in [3.8, 4) is 17.1 Å². The fraction of sp³-hybridized carbons (Fsp3) is 0.333. The lowest BCUT2D eigenvalue weighted by Crippen LogP contribution is -2.23. The standard InChI is InChI=1S/C21H26N4OS/c1-15-6-7-18(16(2)12-15)13-23(3)14-25-21(27)24(4)20(22-25)17-8-10-19(26-5)11-9-17/h6-12H,13-14H2,1-5H3. The normalized spacial score (nSPS) is 11.2. The first kappa shape index (κ1) is 19.3. The smallest absolute Gasteiger partial charge is 0.199 e. The average Bonchev–Trinajstić information content (AvgIpc) is 2.92. The van der Waals surface area contributed by atoms with E-state index in [2.05, 4.69) is 44.0 Å². The molecule has 0 N–H and O–H groups in total. The molecular formula is C21H26N4OS. The molecule has 0 aliphatic rings. The first-order valence-corrected chi connectivity index (χ1v) is 9.33. The Labute approximate surface area is 165 Å². The van der Waals surface area contributed by atoms with Crippen LogP contribution in [0.2, 0.25) is 0 Å². The van der Waals surface area contributed by atoms with E-state index in [4.69, 9.17) is 22.1 Å². The third kappa shape index (κ3) is 4.28. The van der Waals surface area contributed by atoms with Crippen molar-refractivity contribution in [2.75, 3.05) is 14.2 Å². The Morgan fingerprint density at radius 1 is 1.11 bits per heavy atom. The lowest BCUT2D eigenvalue weighted by Gasteiger charge is -2.18. The highest BCUT2D eigenvalue weighted by Crippen LogP contribution is 2.21. The van der Waals surface area contributed by atoms with E-state index in [-0.39, 0.29) is 0 Å². The van der Waals surface area contributed by atoms with Crippen LogP contribution < -0.4 is 4.74 Å². The van der Waals surface area contributed by atoms with E-state index < -0.39 is 0 Å². The summed E-state index contributed by atoms with van der Waals surface area (Å²) in [6, 6.07) is 14.4. The molecule has 0 saturated heterocycles. The van der Waals surface area contributed by atoms with E-state index in [1.54, 1.807) is 7.11 Å². The molecule has 6 heteroatoms. The highest BCUT2D eigenvalue weighted by Gasteiger charge is 2.12. The number of hydrogen-bond acceptors (Lipinski definition) is 4. The Bertz CT molecular complexity index is 988. The van der Waals surface area contributed by atoms with E-state index in [0.29, 0.717) is 11.4 Å². The largest absolute Gasteiger partial charge is 0.497 e. The van der Waals surface area contributed by atoms with Gasteiger partial charge in [0.05, 0.1) is 13.8 Å². The van der Waals surface area contributed by atoms with Crippen molar-refractivity contribution < 1.29 is 4.74 Å². The zero-order chi connectivity index (χ0) is 19.6. The van der Waals surface area contributed by atoms with Crippen LogP contribution in [0.25, 0.3) is 11.4 Å². The molecule has 0 amide bonds. The van der Waals surface area contributed by atoms with Gasteiger partial charge in [-0.15, -0.1) is 0 Å². The Morgan fingerprint density at radius 2 is 1.81 bits per heavy atom. The maximum absolute atomic E-state index is 5.60. The maximum atomic E-state index is 5.60. The molecule has 0 aliphatic carbocycles. The fourth-order valence-corrected chi connectivity index (χ4v) is 3.35. The van der Waals surface area contributed by atoms with Crippen molar-refractivity contribution in [2.24, 2.45) is 7.05 Å². The summed E-state index contributed by atoms with van der Waals surface area (Å²) in [5.74, 6) is 1.68. The van der Waals surface area contributed by atoms with Crippen molar-refractivity contribution >= 4 is 12.2 Å². The van der Waals surface area contributed by atoms with Crippen LogP contribution >= 0.6 is 12.2 Å². The molecule has 5 nitrogen and oxygen atoms in total. The third-order valence-corrected chi connectivity index (χ3v) is 5.19. The zero-order valence-corrected chi connectivity index (χ0v) is 17.4. The molecule has 0 atom stereocenters. The Kier molecular flexibility index (Phi) is 5.77. The molecule has 2 aromatic carbocycles. The second kappa shape index (κ2) is 8.06. The summed E-state index contributed by atoms with van der Waals surface area (Å²) >= 11 is 5.60. The minimum absolute atomic E-state index is 0.635. The quantitative estimate of drug-likeness (QED) is 0.594. The Balaban J connectivity index is 1.79. The molecule has 1 aromatic heterocycles. The van der Waals surface area contributed by atoms with Gasteiger partial charge in [0.2, 0.25) is 0 Å². The summed E-state index contributed by atoms with van der Waals surface area (Å²) in [6.45, 7) is 5.76. The lowest BCUT2D eigenvalue weighted by molar-refractivity contribution is 0.243. The average molecular weight is 383 g/mol. The van der Waals surface area contributed by atoms with Gasteiger partial charge >= 0.3 is 0 Å². The molecule has 0 saturated carbocycles. The molecule has 0 unspecified atom stereocenters. The maximum Gasteiger partial charge on any atom is 0.199 e. The molecule has 0 fully saturated rings. The summed E-state index contributed by atoms with van der Waals surface area (Å²) in [4.78, 5) is 2.22. The predicted octanol–water partition coefficient (Wildman–Crippen LogP) is 4.33. The molecule has 0 bridgehead atoms. The first-order valence-electron chi connectivity index (χ1n) is 8.92. The summed E-state index contributed by atoms with van der Waals surface area (Å²) in [6.07, 6.45) is 0. The van der Waals surface area contributed by atoms with Crippen LogP contribution in [0.3, 0.4) is 0 Å². The first-order chi connectivity index (χ1) is 12.9. The summed E-state index contributed by atoms with van der Waals surface area (Å²) < 4.78 is 9.75. The van der Waals surface area contributed by atoms with Crippen LogP contribution in [-0.4, -0.2) is 33.4 Å². The van der Waals surface area contributed by atoms with E-state index in [0.717, 1.165) is 23.7 Å². The number of ether oxygens (including phenoxy) is 1. The van der Waals surface area contributed by atoms with Gasteiger partial charge in [0.15, 0.2) is 10.6 Å². The summed E-state index contributed by atoms with van der Waals surface area (Å²) in [5, 5.41) is 4.75. The number of aromatic nitrogens is 3. The molecule has 3 aromatic rings. The number of methoxy groups -OCH3 is 1. The van der Waals surface area contributed by atoms with Gasteiger partial charge in [-0.1, -0.05) is 23.8 Å². The molecule has 142 valence electrons. The monoisotopic (exact) mass is 382 g/mol. The minimum atomic E-state index is 0.635. The van der Waals surface area contributed by atoms with Crippen molar-refractivity contribution in [3.63, 3.8) is 0 Å². The van der Waals surface area contributed by atoms with E-state index >= 15 is 0 Å². The van der Waals surface area contributed by atoms with Crippen molar-refractivity contribution in [2.45, 2.75) is 27.1 Å². The molecule has 27 heavy (non-hydrogen) atoms. The van der Waals surface area contributed by atoms with Gasteiger partial charge in [0, 0.05) is 19.2 Å². The topological polar surface area (TPSA) is 35.2 Å². The van der Waals surface area contributed by atoms with Crippen LogP contribution in [0.15, 0.2) is 42.5 Å². The molecule has 0 aliphatic heterocycles. The molecular weight excluding hydrogens is 356 g/mol. The molecule has 0 spiro atoms. The van der Waals surface area contributed by atoms with Gasteiger partial charge in [-0.2, -0.15) is 5.10 Å². The van der Waals surface area contributed by atoms with Crippen molar-refractivity contribution in [3.05, 3.63) is 63.9 Å². The lowest BCUT2D eigenvalue weighted by atomic mass is 10.1. The number of nitrogens with zero attached hydrogens (tertiary/aromatic N) is 4. The third-order valence-electron chi connectivity index (χ3n) is 4.70. The van der Waals surface area contributed by atoms with Gasteiger partial charge in [-0.05, 0) is 68.5 Å². The fourth-order valence-electron chi connectivity index (χ4n) is 3.16. The second-order valence-corrected chi connectivity index (χ2v) is 7.34. The van der Waals surface area contributed by atoms with Crippen molar-refractivity contribution in [1.82, 2.24) is 19.2 Å². The minimum Gasteiger partial charge on any atom is -0.497 e. The molecule has 1 heterocycles. The molecule has 3 rings (SSSR count). The highest BCUT2D eigenvalue weighted by atomic mass is 32.1. The van der Waals surface area contributed by atoms with Crippen LogP contribution in [0.1, 0.15) is 16.7 Å². The van der Waals surface area contributed by atoms with Crippen LogP contribution in [0.5, 0.6) is 5.75 Å². The van der Waals surface area contributed by atoms with Gasteiger partial charge in [-0.25, -0.2) is 4.68 Å². The molecule has 0 radical (unpaired) electrons. The van der Waals surface area contributed by atoms with Crippen LogP contribution in [0, 0.1) is 18.6 Å². The van der Waals surface area contributed by atoms with E-state index in [1.165, 1.54) is 16.7 Å². The highest BCUT2D eigenvalue weighted by molar-refractivity contribution is 7.71. The second-order valence-electron chi connectivity index (χ2n) is 6.98. The number of rotatable bonds is 6. The van der Waals surface area contributed by atoms with Crippen molar-refractivity contribution in [1.29, 1.82) is 0 Å². The van der Waals surface area contributed by atoms with Gasteiger partial charge in [0.25, 0.3) is 0 Å². The van der Waals surface area contributed by atoms with Gasteiger partial charge < -0.3 is 9.30 Å². The zero-order valence-electron chi connectivity index (χ0n) is 16.6. The SMILES string of the molecule is COc1ccc(-c2nn(CN(C)Cc3ccc(C)cc3C)c(=S)n2C)cc1. The van der Waals surface area contributed by atoms with Crippen LogP contribution in [0.4, 0.5) is 0 Å². The van der Waals surface area contributed by atoms with Gasteiger partial charge in [0.1, 0.15) is 5.75 Å². The van der Waals surface area contributed by atoms with E-state index in [1.807, 2.05) is 40.6 Å².